The molecule has 6 heteroatoms. The molecule has 0 aromatic carbocycles. The lowest BCUT2D eigenvalue weighted by Crippen LogP contribution is -2.43. The number of hydrogen-bond acceptors (Lipinski definition) is 5. The second-order valence-electron chi connectivity index (χ2n) is 7.74. The number of rotatable bonds is 3. The van der Waals surface area contributed by atoms with Crippen molar-refractivity contribution in [1.82, 2.24) is 15.0 Å². The van der Waals surface area contributed by atoms with Crippen LogP contribution in [0.5, 0.6) is 0 Å². The van der Waals surface area contributed by atoms with Gasteiger partial charge in [0.15, 0.2) is 0 Å². The van der Waals surface area contributed by atoms with Gasteiger partial charge < -0.3 is 9.42 Å². The minimum Gasteiger partial charge on any atom is -0.342 e. The molecule has 25 heavy (non-hydrogen) atoms. The lowest BCUT2D eigenvalue weighted by molar-refractivity contribution is -0.139. The fourth-order valence-electron chi connectivity index (χ4n) is 5.21. The first-order chi connectivity index (χ1) is 12.3. The molecule has 3 aliphatic rings. The van der Waals surface area contributed by atoms with E-state index in [0.29, 0.717) is 29.5 Å². The SMILES string of the molecule is O=C([C@H]1[C@H]2CC[C@H](C2)[C@@H]1c1nc(-c2ccsc2)no1)N1CCCCC1. The standard InChI is InChI=1S/C19H23N3O2S/c23-19(22-7-2-1-3-8-22)16-13-5-4-12(10-13)15(16)18-20-17(21-24-18)14-6-9-25-11-14/h6,9,11-13,15-16H,1-5,7-8,10H2/t12-,13+,15+,16+/m1/s1. The van der Waals surface area contributed by atoms with Crippen molar-refractivity contribution >= 4 is 17.2 Å². The van der Waals surface area contributed by atoms with Gasteiger partial charge >= 0.3 is 0 Å². The predicted molar refractivity (Wildman–Crippen MR) is 95.1 cm³/mol. The Morgan fingerprint density at radius 1 is 1.20 bits per heavy atom. The lowest BCUT2D eigenvalue weighted by atomic mass is 9.78. The van der Waals surface area contributed by atoms with Gasteiger partial charge in [-0.25, -0.2) is 0 Å². The van der Waals surface area contributed by atoms with E-state index in [4.69, 9.17) is 4.52 Å². The summed E-state index contributed by atoms with van der Waals surface area (Å²) in [6, 6.07) is 2.01. The van der Waals surface area contributed by atoms with Crippen molar-refractivity contribution in [3.63, 3.8) is 0 Å². The molecule has 1 amide bonds. The number of nitrogens with zero attached hydrogens (tertiary/aromatic N) is 3. The van der Waals surface area contributed by atoms with Gasteiger partial charge in [0, 0.05) is 24.0 Å². The molecule has 0 N–H and O–H groups in total. The Morgan fingerprint density at radius 2 is 2.04 bits per heavy atom. The van der Waals surface area contributed by atoms with Crippen LogP contribution in [0.4, 0.5) is 0 Å². The summed E-state index contributed by atoms with van der Waals surface area (Å²) in [6.07, 6.45) is 7.04. The maximum Gasteiger partial charge on any atom is 0.231 e. The van der Waals surface area contributed by atoms with E-state index in [1.807, 2.05) is 16.8 Å². The molecule has 132 valence electrons. The van der Waals surface area contributed by atoms with Crippen molar-refractivity contribution in [2.24, 2.45) is 17.8 Å². The molecule has 1 saturated heterocycles. The summed E-state index contributed by atoms with van der Waals surface area (Å²) in [5.41, 5.74) is 1.00. The number of aromatic nitrogens is 2. The van der Waals surface area contributed by atoms with Crippen molar-refractivity contribution in [2.75, 3.05) is 13.1 Å². The highest BCUT2D eigenvalue weighted by atomic mass is 32.1. The van der Waals surface area contributed by atoms with E-state index < -0.39 is 0 Å². The number of thiophene rings is 1. The number of amides is 1. The van der Waals surface area contributed by atoms with Crippen LogP contribution in [-0.2, 0) is 4.79 Å². The number of hydrogen-bond donors (Lipinski definition) is 0. The monoisotopic (exact) mass is 357 g/mol. The Bertz CT molecular complexity index is 751. The molecule has 2 bridgehead atoms. The summed E-state index contributed by atoms with van der Waals surface area (Å²) in [5.74, 6) is 2.88. The Balaban J connectivity index is 1.43. The fraction of sp³-hybridized carbons (Fsp3) is 0.632. The molecule has 2 aliphatic carbocycles. The van der Waals surface area contributed by atoms with Gasteiger partial charge in [-0.05, 0) is 61.8 Å². The maximum atomic E-state index is 13.2. The van der Waals surface area contributed by atoms with Gasteiger partial charge in [0.25, 0.3) is 0 Å². The number of likely N-dealkylation sites (tertiary alicyclic amines) is 1. The van der Waals surface area contributed by atoms with Crippen LogP contribution >= 0.6 is 11.3 Å². The maximum absolute atomic E-state index is 13.2. The Hall–Kier alpha value is -1.69. The van der Waals surface area contributed by atoms with Crippen LogP contribution in [0.15, 0.2) is 21.3 Å². The van der Waals surface area contributed by atoms with E-state index in [2.05, 4.69) is 15.0 Å². The topological polar surface area (TPSA) is 59.2 Å². The zero-order valence-corrected chi connectivity index (χ0v) is 15.1. The minimum atomic E-state index is 0.0487. The van der Waals surface area contributed by atoms with Gasteiger partial charge in [-0.2, -0.15) is 16.3 Å². The van der Waals surface area contributed by atoms with Gasteiger partial charge in [0.1, 0.15) is 0 Å². The van der Waals surface area contributed by atoms with Crippen LogP contribution in [0.25, 0.3) is 11.4 Å². The van der Waals surface area contributed by atoms with E-state index in [9.17, 15) is 4.79 Å². The van der Waals surface area contributed by atoms with Crippen LogP contribution in [0.3, 0.4) is 0 Å². The zero-order chi connectivity index (χ0) is 16.8. The van der Waals surface area contributed by atoms with E-state index in [1.165, 1.54) is 19.3 Å². The summed E-state index contributed by atoms with van der Waals surface area (Å²) in [5, 5.41) is 8.24. The first-order valence-electron chi connectivity index (χ1n) is 9.46. The lowest BCUT2D eigenvalue weighted by Gasteiger charge is -2.34. The Morgan fingerprint density at radius 3 is 2.84 bits per heavy atom. The molecule has 5 rings (SSSR count). The number of fused-ring (bicyclic) bond motifs is 2. The van der Waals surface area contributed by atoms with Crippen molar-refractivity contribution < 1.29 is 9.32 Å². The molecule has 5 nitrogen and oxygen atoms in total. The molecule has 0 radical (unpaired) electrons. The molecule has 4 atom stereocenters. The van der Waals surface area contributed by atoms with Gasteiger partial charge in [0.05, 0.1) is 11.8 Å². The normalized spacial score (nSPS) is 31.6. The summed E-state index contributed by atoms with van der Waals surface area (Å²) in [6.45, 7) is 1.84. The molecular weight excluding hydrogens is 334 g/mol. The first-order valence-corrected chi connectivity index (χ1v) is 10.4. The second-order valence-corrected chi connectivity index (χ2v) is 8.52. The van der Waals surface area contributed by atoms with Crippen molar-refractivity contribution in [3.05, 3.63) is 22.7 Å². The quantitative estimate of drug-likeness (QED) is 0.835. The highest BCUT2D eigenvalue weighted by Gasteiger charge is 2.54. The van der Waals surface area contributed by atoms with E-state index in [0.717, 1.165) is 37.9 Å². The molecule has 0 spiro atoms. The van der Waals surface area contributed by atoms with E-state index in [-0.39, 0.29) is 11.8 Å². The van der Waals surface area contributed by atoms with Gasteiger partial charge in [0.2, 0.25) is 17.6 Å². The number of carbonyl (C=O) groups is 1. The van der Waals surface area contributed by atoms with Crippen LogP contribution in [-0.4, -0.2) is 34.0 Å². The average Bonchev–Trinajstić information content (AvgIpc) is 3.44. The molecular formula is C19H23N3O2S. The average molecular weight is 357 g/mol. The largest absolute Gasteiger partial charge is 0.342 e. The molecule has 2 aromatic heterocycles. The Kier molecular flexibility index (Phi) is 3.88. The third-order valence-corrected chi connectivity index (χ3v) is 7.06. The molecule has 3 fully saturated rings. The smallest absolute Gasteiger partial charge is 0.231 e. The van der Waals surface area contributed by atoms with Crippen molar-refractivity contribution in [1.29, 1.82) is 0 Å². The zero-order valence-electron chi connectivity index (χ0n) is 14.3. The minimum absolute atomic E-state index is 0.0487. The molecule has 1 aliphatic heterocycles. The van der Waals surface area contributed by atoms with Crippen molar-refractivity contribution in [2.45, 2.75) is 44.4 Å². The van der Waals surface area contributed by atoms with Crippen LogP contribution in [0, 0.1) is 17.8 Å². The van der Waals surface area contributed by atoms with E-state index in [1.54, 1.807) is 11.3 Å². The number of piperidine rings is 1. The predicted octanol–water partition coefficient (Wildman–Crippen LogP) is 3.94. The summed E-state index contributed by atoms with van der Waals surface area (Å²) in [7, 11) is 0. The first kappa shape index (κ1) is 15.6. The highest BCUT2D eigenvalue weighted by Crippen LogP contribution is 2.57. The van der Waals surface area contributed by atoms with E-state index >= 15 is 0 Å². The summed E-state index contributed by atoms with van der Waals surface area (Å²) in [4.78, 5) is 20.0. The van der Waals surface area contributed by atoms with Crippen LogP contribution in [0.2, 0.25) is 0 Å². The van der Waals surface area contributed by atoms with Crippen LogP contribution in [0.1, 0.15) is 50.3 Å². The van der Waals surface area contributed by atoms with Gasteiger partial charge in [-0.15, -0.1) is 0 Å². The number of carbonyl (C=O) groups excluding carboxylic acids is 1. The van der Waals surface area contributed by atoms with Crippen molar-refractivity contribution in [3.8, 4) is 11.4 Å². The third-order valence-electron chi connectivity index (χ3n) is 6.38. The van der Waals surface area contributed by atoms with Gasteiger partial charge in [-0.1, -0.05) is 5.16 Å². The second kappa shape index (κ2) is 6.24. The fourth-order valence-corrected chi connectivity index (χ4v) is 5.84. The molecule has 2 saturated carbocycles. The molecule has 3 heterocycles. The summed E-state index contributed by atoms with van der Waals surface area (Å²) >= 11 is 1.63. The Labute approximate surface area is 151 Å². The molecule has 0 unspecified atom stereocenters. The highest BCUT2D eigenvalue weighted by molar-refractivity contribution is 7.08. The third kappa shape index (κ3) is 2.62. The van der Waals surface area contributed by atoms with Crippen LogP contribution < -0.4 is 0 Å². The summed E-state index contributed by atoms with van der Waals surface area (Å²) < 4.78 is 5.67. The molecule has 2 aromatic rings. The van der Waals surface area contributed by atoms with Gasteiger partial charge in [-0.3, -0.25) is 4.79 Å².